The molecule has 0 spiro atoms. The molecule has 2 fully saturated rings. The molecule has 0 aliphatic carbocycles. The van der Waals surface area contributed by atoms with E-state index < -0.39 is 0 Å². The van der Waals surface area contributed by atoms with Crippen molar-refractivity contribution in [2.24, 2.45) is 16.6 Å². The maximum Gasteiger partial charge on any atom is 0.129 e. The Hall–Kier alpha value is -3.15. The lowest BCUT2D eigenvalue weighted by Crippen LogP contribution is -2.42. The van der Waals surface area contributed by atoms with Gasteiger partial charge in [-0.3, -0.25) is 0 Å². The summed E-state index contributed by atoms with van der Waals surface area (Å²) in [6.45, 7) is 18.6. The fraction of sp³-hybridized carbons (Fsp3) is 0.513. The summed E-state index contributed by atoms with van der Waals surface area (Å²) in [5, 5.41) is 3.46. The molecule has 0 aromatic heterocycles. The Morgan fingerprint density at radius 1 is 0.886 bits per heavy atom. The van der Waals surface area contributed by atoms with Crippen molar-refractivity contribution in [1.82, 2.24) is 15.1 Å². The summed E-state index contributed by atoms with van der Waals surface area (Å²) in [4.78, 5) is 10.2. The Morgan fingerprint density at radius 2 is 1.55 bits per heavy atom. The molecular formula is C39H57N5. The second-order valence-corrected chi connectivity index (χ2v) is 13.0. The van der Waals surface area contributed by atoms with Crippen LogP contribution in [0.3, 0.4) is 0 Å². The molecule has 2 heterocycles. The number of piperazine rings is 1. The van der Waals surface area contributed by atoms with Crippen molar-refractivity contribution < 1.29 is 0 Å². The smallest absolute Gasteiger partial charge is 0.129 e. The van der Waals surface area contributed by atoms with Crippen molar-refractivity contribution in [1.29, 1.82) is 0 Å². The van der Waals surface area contributed by atoms with E-state index in [1.54, 1.807) is 0 Å². The zero-order valence-electron chi connectivity index (χ0n) is 27.8. The van der Waals surface area contributed by atoms with Crippen molar-refractivity contribution in [3.8, 4) is 0 Å². The van der Waals surface area contributed by atoms with E-state index >= 15 is 0 Å². The summed E-state index contributed by atoms with van der Waals surface area (Å²) in [7, 11) is 0. The monoisotopic (exact) mass is 595 g/mol. The zero-order chi connectivity index (χ0) is 31.1. The molecule has 44 heavy (non-hydrogen) atoms. The minimum absolute atomic E-state index is 0.774. The SMILES string of the molecule is C=C(\C=C(/N=C(C)/C(=C(/C)N)c1ccccc1)N1CCNCC1)c1cccc(CCCCCCCCN2CCC(C)CC2)c1. The van der Waals surface area contributed by atoms with Crippen LogP contribution in [0.15, 0.2) is 83.8 Å². The number of aliphatic imine (C=N–C) groups is 1. The first-order chi connectivity index (χ1) is 21.4. The number of nitrogens with two attached hydrogens (primary N) is 1. The van der Waals surface area contributed by atoms with Gasteiger partial charge < -0.3 is 20.9 Å². The quantitative estimate of drug-likeness (QED) is 0.125. The highest BCUT2D eigenvalue weighted by Crippen LogP contribution is 2.24. The van der Waals surface area contributed by atoms with E-state index in [1.807, 2.05) is 25.1 Å². The summed E-state index contributed by atoms with van der Waals surface area (Å²) in [6, 6.07) is 19.3. The molecule has 2 saturated heterocycles. The Balaban J connectivity index is 1.33. The number of benzene rings is 2. The molecule has 0 atom stereocenters. The second-order valence-electron chi connectivity index (χ2n) is 13.0. The number of unbranched alkanes of at least 4 members (excludes halogenated alkanes) is 5. The van der Waals surface area contributed by atoms with Gasteiger partial charge in [-0.2, -0.15) is 0 Å². The van der Waals surface area contributed by atoms with E-state index in [4.69, 9.17) is 10.7 Å². The van der Waals surface area contributed by atoms with Crippen LogP contribution < -0.4 is 11.1 Å². The van der Waals surface area contributed by atoms with Crippen LogP contribution in [0.1, 0.15) is 88.8 Å². The number of piperidine rings is 1. The molecule has 2 aliphatic heterocycles. The zero-order valence-corrected chi connectivity index (χ0v) is 27.8. The number of hydrogen-bond donors (Lipinski definition) is 2. The number of aryl methyl sites for hydroxylation is 1. The maximum absolute atomic E-state index is 6.38. The summed E-state index contributed by atoms with van der Waals surface area (Å²) >= 11 is 0. The molecular weight excluding hydrogens is 538 g/mol. The van der Waals surface area contributed by atoms with Gasteiger partial charge in [0, 0.05) is 43.2 Å². The predicted octanol–water partition coefficient (Wildman–Crippen LogP) is 7.91. The van der Waals surface area contributed by atoms with Crippen LogP contribution >= 0.6 is 0 Å². The minimum Gasteiger partial charge on any atom is -0.402 e. The maximum atomic E-state index is 6.38. The molecule has 0 amide bonds. The van der Waals surface area contributed by atoms with Gasteiger partial charge in [0.25, 0.3) is 0 Å². The van der Waals surface area contributed by atoms with Crippen molar-refractivity contribution in [3.05, 3.63) is 95.5 Å². The van der Waals surface area contributed by atoms with Crippen LogP contribution in [0.5, 0.6) is 0 Å². The van der Waals surface area contributed by atoms with Crippen LogP contribution in [0.2, 0.25) is 0 Å². The van der Waals surface area contributed by atoms with Gasteiger partial charge in [-0.1, -0.05) is 93.8 Å². The summed E-state index contributed by atoms with van der Waals surface area (Å²) in [5.41, 5.74) is 13.7. The molecule has 0 radical (unpaired) electrons. The topological polar surface area (TPSA) is 56.9 Å². The lowest BCUT2D eigenvalue weighted by Gasteiger charge is -2.30. The number of allylic oxidation sites excluding steroid dienone is 4. The molecule has 5 nitrogen and oxygen atoms in total. The number of nitrogens with zero attached hydrogens (tertiary/aromatic N) is 3. The Bertz CT molecular complexity index is 1260. The van der Waals surface area contributed by atoms with Gasteiger partial charge in [-0.25, -0.2) is 4.99 Å². The highest BCUT2D eigenvalue weighted by atomic mass is 15.3. The van der Waals surface area contributed by atoms with E-state index in [0.29, 0.717) is 0 Å². The third-order valence-electron chi connectivity index (χ3n) is 9.21. The van der Waals surface area contributed by atoms with Gasteiger partial charge in [0.05, 0.1) is 0 Å². The predicted molar refractivity (Wildman–Crippen MR) is 191 cm³/mol. The summed E-state index contributed by atoms with van der Waals surface area (Å²) in [5.74, 6) is 1.88. The normalized spacial score (nSPS) is 17.9. The molecule has 238 valence electrons. The fourth-order valence-electron chi connectivity index (χ4n) is 6.47. The molecule has 2 aliphatic rings. The van der Waals surface area contributed by atoms with Gasteiger partial charge in [-0.15, -0.1) is 0 Å². The first-order valence-electron chi connectivity index (χ1n) is 17.2. The average molecular weight is 596 g/mol. The first-order valence-corrected chi connectivity index (χ1v) is 17.2. The van der Waals surface area contributed by atoms with Crippen molar-refractivity contribution in [2.45, 2.75) is 78.6 Å². The number of nitrogens with one attached hydrogen (secondary N) is 1. The first kappa shape index (κ1) is 33.7. The standard InChI is InChI=1S/C39H57N5/c1-31-20-25-43(26-21-31)24-13-8-6-5-7-10-15-35-16-14-19-37(30-35)32(2)29-38(44-27-22-41-23-28-44)42-34(4)39(33(3)40)36-17-11-9-12-18-36/h9,11-12,14,16-19,29-31,41H,2,5-8,10,13,15,20-28,40H2,1,3-4H3/b38-29+,39-33+,42-34+. The van der Waals surface area contributed by atoms with E-state index in [1.165, 1.54) is 82.1 Å². The Morgan fingerprint density at radius 3 is 2.25 bits per heavy atom. The molecule has 0 saturated carbocycles. The molecule has 0 unspecified atom stereocenters. The number of rotatable bonds is 15. The highest BCUT2D eigenvalue weighted by Gasteiger charge is 2.17. The Labute approximate surface area is 268 Å². The number of hydrogen-bond acceptors (Lipinski definition) is 5. The van der Waals surface area contributed by atoms with E-state index in [0.717, 1.165) is 72.5 Å². The third kappa shape index (κ3) is 10.8. The van der Waals surface area contributed by atoms with E-state index in [9.17, 15) is 0 Å². The van der Waals surface area contributed by atoms with Crippen LogP contribution in [0.4, 0.5) is 0 Å². The van der Waals surface area contributed by atoms with E-state index in [-0.39, 0.29) is 0 Å². The Kier molecular flexibility index (Phi) is 13.8. The van der Waals surface area contributed by atoms with Crippen LogP contribution in [-0.2, 0) is 6.42 Å². The van der Waals surface area contributed by atoms with Gasteiger partial charge in [0.1, 0.15) is 5.82 Å². The van der Waals surface area contributed by atoms with Crippen molar-refractivity contribution >= 4 is 16.9 Å². The van der Waals surface area contributed by atoms with Crippen molar-refractivity contribution in [2.75, 3.05) is 45.8 Å². The average Bonchev–Trinajstić information content (AvgIpc) is 3.04. The largest absolute Gasteiger partial charge is 0.402 e. The van der Waals surface area contributed by atoms with Crippen molar-refractivity contribution in [3.63, 3.8) is 0 Å². The molecule has 0 bridgehead atoms. The molecule has 4 rings (SSSR count). The van der Waals surface area contributed by atoms with Gasteiger partial charge in [-0.05, 0) is 99.8 Å². The third-order valence-corrected chi connectivity index (χ3v) is 9.21. The molecule has 3 N–H and O–H groups in total. The van der Waals surface area contributed by atoms with E-state index in [2.05, 4.69) is 78.0 Å². The van der Waals surface area contributed by atoms with Crippen LogP contribution in [0.25, 0.3) is 11.1 Å². The van der Waals surface area contributed by atoms with Gasteiger partial charge >= 0.3 is 0 Å². The van der Waals surface area contributed by atoms with Crippen LogP contribution in [0, 0.1) is 5.92 Å². The molecule has 5 heteroatoms. The molecule has 2 aromatic carbocycles. The van der Waals surface area contributed by atoms with Gasteiger partial charge in [0.2, 0.25) is 0 Å². The highest BCUT2D eigenvalue weighted by molar-refractivity contribution is 6.23. The minimum atomic E-state index is 0.774. The molecule has 2 aromatic rings. The fourth-order valence-corrected chi connectivity index (χ4v) is 6.47. The summed E-state index contributed by atoms with van der Waals surface area (Å²) in [6.07, 6.45) is 14.1. The number of likely N-dealkylation sites (tertiary alicyclic amines) is 1. The lowest BCUT2D eigenvalue weighted by atomic mass is 9.98. The summed E-state index contributed by atoms with van der Waals surface area (Å²) < 4.78 is 0. The second kappa shape index (κ2) is 18.0. The van der Waals surface area contributed by atoms with Gasteiger partial charge in [0.15, 0.2) is 0 Å². The van der Waals surface area contributed by atoms with Crippen LogP contribution in [-0.4, -0.2) is 61.3 Å². The lowest BCUT2D eigenvalue weighted by molar-refractivity contribution is 0.189.